The summed E-state index contributed by atoms with van der Waals surface area (Å²) in [5.41, 5.74) is 2.25. The molecule has 4 atom stereocenters. The second-order valence-corrected chi connectivity index (χ2v) is 9.69. The van der Waals surface area contributed by atoms with Gasteiger partial charge in [0.05, 0.1) is 47.4 Å². The van der Waals surface area contributed by atoms with E-state index in [-0.39, 0.29) is 36.8 Å². The number of hydrogen-bond donors (Lipinski definition) is 2. The maximum absolute atomic E-state index is 12.9. The van der Waals surface area contributed by atoms with Gasteiger partial charge in [-0.15, -0.1) is 11.3 Å². The molecule has 3 heterocycles. The Bertz CT molecular complexity index is 974. The summed E-state index contributed by atoms with van der Waals surface area (Å²) in [6.07, 6.45) is 1.52. The van der Waals surface area contributed by atoms with Crippen molar-refractivity contribution >= 4 is 47.2 Å². The van der Waals surface area contributed by atoms with E-state index in [1.807, 2.05) is 13.8 Å². The third kappa shape index (κ3) is 5.45. The van der Waals surface area contributed by atoms with E-state index in [1.165, 1.54) is 28.0 Å². The van der Waals surface area contributed by atoms with Gasteiger partial charge in [0.25, 0.3) is 0 Å². The minimum atomic E-state index is -0.941. The number of aromatic nitrogens is 1. The van der Waals surface area contributed by atoms with Gasteiger partial charge in [-0.05, 0) is 24.8 Å². The van der Waals surface area contributed by atoms with Crippen molar-refractivity contribution in [2.24, 2.45) is 11.8 Å². The molecule has 1 aromatic rings. The number of thiazole rings is 1. The lowest BCUT2D eigenvalue weighted by molar-refractivity contribution is -0.166. The number of ether oxygens (including phenoxy) is 3. The Kier molecular flexibility index (Phi) is 9.11. The molecule has 3 rings (SSSR count). The summed E-state index contributed by atoms with van der Waals surface area (Å²) >= 11 is 2.62. The number of carbonyl (C=O) groups is 3. The highest BCUT2D eigenvalue weighted by atomic mass is 32.2. The van der Waals surface area contributed by atoms with E-state index in [2.05, 4.69) is 4.98 Å². The van der Waals surface area contributed by atoms with E-state index in [1.54, 1.807) is 23.9 Å². The number of nitrogens with zero attached hydrogens (tertiary/aromatic N) is 2. The van der Waals surface area contributed by atoms with Gasteiger partial charge >= 0.3 is 12.1 Å². The number of carbonyl (C=O) groups excluding carboxylic acids is 3. The molecule has 0 unspecified atom stereocenters. The number of fused-ring (bicyclic) bond motifs is 1. The summed E-state index contributed by atoms with van der Waals surface area (Å²) in [5, 5.41) is 21.2. The van der Waals surface area contributed by atoms with Crippen LogP contribution in [-0.2, 0) is 30.4 Å². The van der Waals surface area contributed by atoms with Crippen molar-refractivity contribution < 1.29 is 38.8 Å². The van der Waals surface area contributed by atoms with E-state index in [0.717, 1.165) is 11.3 Å². The van der Waals surface area contributed by atoms with E-state index < -0.39 is 30.9 Å². The van der Waals surface area contributed by atoms with Crippen molar-refractivity contribution in [2.75, 3.05) is 13.4 Å². The number of aliphatic hydroxyl groups is 2. The first-order valence-corrected chi connectivity index (χ1v) is 12.7. The maximum atomic E-state index is 12.9. The molecule has 1 amide bonds. The van der Waals surface area contributed by atoms with E-state index in [9.17, 15) is 24.6 Å². The van der Waals surface area contributed by atoms with Crippen LogP contribution < -0.4 is 0 Å². The van der Waals surface area contributed by atoms with E-state index in [4.69, 9.17) is 14.2 Å². The van der Waals surface area contributed by atoms with E-state index >= 15 is 0 Å². The molecule has 12 heteroatoms. The Labute approximate surface area is 205 Å². The third-order valence-electron chi connectivity index (χ3n) is 5.62. The maximum Gasteiger partial charge on any atom is 0.511 e. The predicted octanol–water partition coefficient (Wildman–Crippen LogP) is 2.86. The van der Waals surface area contributed by atoms with Gasteiger partial charge in [-0.2, -0.15) is 0 Å². The molecule has 0 aromatic carbocycles. The van der Waals surface area contributed by atoms with Gasteiger partial charge in [-0.25, -0.2) is 14.6 Å². The molecule has 0 bridgehead atoms. The van der Waals surface area contributed by atoms with Crippen molar-refractivity contribution in [3.05, 3.63) is 32.1 Å². The van der Waals surface area contributed by atoms with Gasteiger partial charge in [0.15, 0.2) is 0 Å². The number of esters is 1. The Hall–Kier alpha value is -2.41. The van der Waals surface area contributed by atoms with Crippen LogP contribution in [0.4, 0.5) is 4.79 Å². The Morgan fingerprint density at radius 2 is 2.12 bits per heavy atom. The predicted molar refractivity (Wildman–Crippen MR) is 125 cm³/mol. The molecule has 2 N–H and O–H groups in total. The largest absolute Gasteiger partial charge is 0.511 e. The number of amides is 1. The molecule has 0 spiro atoms. The summed E-state index contributed by atoms with van der Waals surface area (Å²) < 4.78 is 14.7. The molecule has 1 saturated heterocycles. The van der Waals surface area contributed by atoms with E-state index in [0.29, 0.717) is 17.0 Å². The molecule has 0 saturated carbocycles. The molecule has 0 radical (unpaired) electrons. The lowest BCUT2D eigenvalue weighted by atomic mass is 9.79. The van der Waals surface area contributed by atoms with Crippen LogP contribution in [0.2, 0.25) is 0 Å². The highest BCUT2D eigenvalue weighted by molar-refractivity contribution is 8.06. The standard InChI is InChI=1S/C22H28N2O8S2/c1-4-5-7-30-22(29)32-11-31-21(28)18-19(33-8-6-15-14(9-25)23-10-34-15)12(2)17-16(13(3)26)20(27)24(17)18/h6,8,10,12-13,16-17,25-26H,4-5,7,9,11H2,1-3H3/t12-,13-,16-,17-/m1/s1. The van der Waals surface area contributed by atoms with Crippen LogP contribution >= 0.6 is 23.1 Å². The summed E-state index contributed by atoms with van der Waals surface area (Å²) in [5.74, 6) is -2.01. The lowest BCUT2D eigenvalue weighted by Gasteiger charge is -2.46. The highest BCUT2D eigenvalue weighted by Gasteiger charge is 2.60. The minimum absolute atomic E-state index is 0.0729. The number of unbranched alkanes of at least 4 members (excludes halogenated alkanes) is 1. The Morgan fingerprint density at radius 1 is 1.35 bits per heavy atom. The smallest absolute Gasteiger partial charge is 0.434 e. The molecule has 1 fully saturated rings. The monoisotopic (exact) mass is 512 g/mol. The van der Waals surface area contributed by atoms with Crippen molar-refractivity contribution in [3.63, 3.8) is 0 Å². The van der Waals surface area contributed by atoms with Crippen molar-refractivity contribution in [2.45, 2.75) is 52.4 Å². The van der Waals surface area contributed by atoms with Gasteiger partial charge in [0, 0.05) is 10.8 Å². The van der Waals surface area contributed by atoms with Crippen molar-refractivity contribution in [3.8, 4) is 0 Å². The normalized spacial score (nSPS) is 22.6. The fraction of sp³-hybridized carbons (Fsp3) is 0.545. The quantitative estimate of drug-likeness (QED) is 0.197. The SMILES string of the molecule is CCCCOC(=O)OCOC(=O)C1=C(SC=Cc2scnc2CO)[C@H](C)[C@@H]2[C@@H]([C@@H](C)O)C(=O)N12. The summed E-state index contributed by atoms with van der Waals surface area (Å²) in [6, 6.07) is -0.373. The highest BCUT2D eigenvalue weighted by Crippen LogP contribution is 2.51. The van der Waals surface area contributed by atoms with Crippen molar-refractivity contribution in [1.29, 1.82) is 0 Å². The molecular weight excluding hydrogens is 484 g/mol. The number of hydrogen-bond acceptors (Lipinski definition) is 11. The molecule has 186 valence electrons. The van der Waals surface area contributed by atoms with Gasteiger partial charge < -0.3 is 29.3 Å². The van der Waals surface area contributed by atoms with Crippen LogP contribution in [0.25, 0.3) is 6.08 Å². The van der Waals surface area contributed by atoms with Crippen LogP contribution in [0.15, 0.2) is 21.5 Å². The zero-order valence-electron chi connectivity index (χ0n) is 19.1. The first-order chi connectivity index (χ1) is 16.3. The van der Waals surface area contributed by atoms with Gasteiger partial charge in [0.2, 0.25) is 12.7 Å². The minimum Gasteiger partial charge on any atom is -0.434 e. The van der Waals surface area contributed by atoms with Crippen molar-refractivity contribution in [1.82, 2.24) is 9.88 Å². The second-order valence-electron chi connectivity index (χ2n) is 7.85. The molecule has 0 aliphatic carbocycles. The number of thioether (sulfide) groups is 1. The fourth-order valence-corrected chi connectivity index (χ4v) is 5.69. The summed E-state index contributed by atoms with van der Waals surface area (Å²) in [6.45, 7) is 4.75. The lowest BCUT2D eigenvalue weighted by Crippen LogP contribution is -2.63. The average Bonchev–Trinajstić information content (AvgIpc) is 3.34. The second kappa shape index (κ2) is 11.8. The molecule has 10 nitrogen and oxygen atoms in total. The zero-order valence-corrected chi connectivity index (χ0v) is 20.8. The first-order valence-electron chi connectivity index (χ1n) is 10.9. The van der Waals surface area contributed by atoms with Crippen LogP contribution in [-0.4, -0.2) is 63.7 Å². The number of rotatable bonds is 11. The molecule has 1 aromatic heterocycles. The average molecular weight is 513 g/mol. The molecule has 2 aliphatic rings. The van der Waals surface area contributed by atoms with Gasteiger partial charge in [-0.1, -0.05) is 32.0 Å². The fourth-order valence-electron chi connectivity index (χ4n) is 3.91. The summed E-state index contributed by atoms with van der Waals surface area (Å²) in [4.78, 5) is 44.0. The molecule has 2 aliphatic heterocycles. The van der Waals surface area contributed by atoms with Crippen LogP contribution in [0, 0.1) is 11.8 Å². The van der Waals surface area contributed by atoms with Crippen LogP contribution in [0.3, 0.4) is 0 Å². The van der Waals surface area contributed by atoms with Crippen LogP contribution in [0.5, 0.6) is 0 Å². The zero-order chi connectivity index (χ0) is 24.8. The summed E-state index contributed by atoms with van der Waals surface area (Å²) in [7, 11) is 0. The Morgan fingerprint density at radius 3 is 2.79 bits per heavy atom. The molecule has 34 heavy (non-hydrogen) atoms. The van der Waals surface area contributed by atoms with Gasteiger partial charge in [-0.3, -0.25) is 4.79 Å². The van der Waals surface area contributed by atoms with Gasteiger partial charge in [0.1, 0.15) is 5.70 Å². The first kappa shape index (κ1) is 26.2. The Balaban J connectivity index is 1.73. The van der Waals surface area contributed by atoms with Crippen LogP contribution in [0.1, 0.15) is 44.2 Å². The number of aliphatic hydroxyl groups excluding tert-OH is 2. The third-order valence-corrected chi connectivity index (χ3v) is 7.55. The topological polar surface area (TPSA) is 135 Å². The number of β-lactam (4-membered cyclic amide) rings is 1. The molecular formula is C22H28N2O8S2.